The molecule has 0 spiro atoms. The molecule has 0 aromatic carbocycles. The molecule has 0 fully saturated rings. The normalized spacial score (nSPS) is 8.43. The molecule has 0 N–H and O–H groups in total. The summed E-state index contributed by atoms with van der Waals surface area (Å²) in [6.07, 6.45) is 0. The summed E-state index contributed by atoms with van der Waals surface area (Å²) in [6, 6.07) is 0. The molecule has 36 valence electrons. The quantitative estimate of drug-likeness (QED) is 0.373. The average Bonchev–Trinajstić information content (AvgIpc) is 0.722. The Morgan fingerprint density at radius 2 is 1.43 bits per heavy atom. The molecule has 0 aliphatic carbocycles. The van der Waals surface area contributed by atoms with E-state index in [4.69, 9.17) is 14.4 Å². The Labute approximate surface area is 113 Å². The Balaban J connectivity index is -0.0000000800. The van der Waals surface area contributed by atoms with Gasteiger partial charge in [0.2, 0.25) is 0 Å². The topological polar surface area (TPSA) is 63.2 Å². The van der Waals surface area contributed by atoms with Gasteiger partial charge in [-0.25, -0.2) is 4.20 Å². The molecule has 0 heterocycles. The van der Waals surface area contributed by atoms with Gasteiger partial charge >= 0.3 is 58.2 Å². The van der Waals surface area contributed by atoms with E-state index in [0.717, 1.165) is 0 Å². The first-order valence-corrected chi connectivity index (χ1v) is 2.15. The van der Waals surface area contributed by atoms with Crippen molar-refractivity contribution in [1.82, 2.24) is 0 Å². The summed E-state index contributed by atoms with van der Waals surface area (Å²) < 4.78 is 18.6. The molecule has 0 atom stereocenters. The van der Waals surface area contributed by atoms with Crippen LogP contribution < -0.4 is 68.0 Å². The van der Waals surface area contributed by atoms with Crippen molar-refractivity contribution in [1.29, 1.82) is 0 Å². The monoisotopic (exact) mass is 421 g/mol. The number of hydrogen-bond acceptors (Lipinski definition) is 3. The van der Waals surface area contributed by atoms with E-state index in [1.807, 2.05) is 0 Å². The summed E-state index contributed by atoms with van der Waals surface area (Å²) in [5.74, 6) is 0. The van der Waals surface area contributed by atoms with Crippen LogP contribution in [0.15, 0.2) is 0 Å². The number of hydrogen-bond donors (Lipinski definition) is 0. The van der Waals surface area contributed by atoms with Gasteiger partial charge in [0.15, 0.2) is 0 Å². The molecule has 0 saturated heterocycles. The Morgan fingerprint density at radius 1 is 1.43 bits per heavy atom. The number of rotatable bonds is 0. The molecule has 7 heteroatoms. The average molecular weight is 421 g/mol. The second-order valence-corrected chi connectivity index (χ2v) is 1.29. The Morgan fingerprint density at radius 3 is 1.43 bits per heavy atom. The molecule has 0 radical (unpaired) electrons. The summed E-state index contributed by atoms with van der Waals surface area (Å²) in [4.78, 5) is 16.9. The molecule has 0 aliphatic heterocycles. The fraction of sp³-hybridized carbons (Fsp3) is 0. The van der Waals surface area contributed by atoms with Crippen LogP contribution in [0.5, 0.6) is 0 Å². The third-order valence-electron chi connectivity index (χ3n) is 0. The van der Waals surface area contributed by atoms with Gasteiger partial charge in [0.25, 0.3) is 0 Å². The summed E-state index contributed by atoms with van der Waals surface area (Å²) in [5, 5.41) is 0. The van der Waals surface area contributed by atoms with E-state index in [-0.39, 0.29) is 89.3 Å². The van der Waals surface area contributed by atoms with Crippen LogP contribution >= 0.6 is 7.91 Å². The molecular formula is FO3PRbU-. The van der Waals surface area contributed by atoms with E-state index in [1.165, 1.54) is 0 Å². The maximum Gasteiger partial charge on any atom is 1.00 e. The molecule has 0 saturated carbocycles. The van der Waals surface area contributed by atoms with Gasteiger partial charge in [-0.3, -0.25) is 0 Å². The fourth-order valence-electron chi connectivity index (χ4n) is 0. The fourth-order valence-corrected chi connectivity index (χ4v) is 0. The first-order valence-electron chi connectivity index (χ1n) is 0.717. The largest absolute Gasteiger partial charge is 1.00 e. The van der Waals surface area contributed by atoms with Crippen molar-refractivity contribution in [2.24, 2.45) is 0 Å². The summed E-state index contributed by atoms with van der Waals surface area (Å²) in [5.41, 5.74) is 0. The third-order valence-corrected chi connectivity index (χ3v) is 0. The van der Waals surface area contributed by atoms with Crippen LogP contribution in [0, 0.1) is 31.1 Å². The van der Waals surface area contributed by atoms with Crippen LogP contribution in [0.25, 0.3) is 0 Å². The maximum absolute atomic E-state index is 10.1. The van der Waals surface area contributed by atoms with E-state index in [2.05, 4.69) is 0 Å². The van der Waals surface area contributed by atoms with Crippen LogP contribution in [0.1, 0.15) is 0 Å². The smallest absolute Gasteiger partial charge is 0.786 e. The molecular weight excluding hydrogens is 421 g/mol. The van der Waals surface area contributed by atoms with Crippen molar-refractivity contribution in [3.63, 3.8) is 0 Å². The Bertz CT molecular complexity index is 61.1. The molecule has 0 unspecified atom stereocenters. The van der Waals surface area contributed by atoms with Crippen LogP contribution in [-0.4, -0.2) is 0 Å². The minimum Gasteiger partial charge on any atom is -0.786 e. The van der Waals surface area contributed by atoms with Crippen molar-refractivity contribution in [3.05, 3.63) is 0 Å². The van der Waals surface area contributed by atoms with Gasteiger partial charge in [0, 0.05) is 31.1 Å². The first-order chi connectivity index (χ1) is 2.00. The van der Waals surface area contributed by atoms with Crippen molar-refractivity contribution >= 4 is 7.91 Å². The van der Waals surface area contributed by atoms with Gasteiger partial charge in [-0.2, -0.15) is 0 Å². The van der Waals surface area contributed by atoms with Crippen LogP contribution in [0.2, 0.25) is 0 Å². The Hall–Kier alpha value is 2.94. The number of halogens is 1. The zero-order valence-electron chi connectivity index (χ0n) is 3.55. The van der Waals surface area contributed by atoms with Crippen LogP contribution in [0.3, 0.4) is 0 Å². The summed E-state index contributed by atoms with van der Waals surface area (Å²) >= 11 is 0. The predicted molar refractivity (Wildman–Crippen MR) is 8.71 cm³/mol. The minimum atomic E-state index is -5.64. The van der Waals surface area contributed by atoms with Gasteiger partial charge < -0.3 is 14.4 Å². The van der Waals surface area contributed by atoms with E-state index in [9.17, 15) is 4.20 Å². The zero-order valence-corrected chi connectivity index (χ0v) is 13.5. The molecule has 0 aliphatic rings. The minimum absolute atomic E-state index is 0. The second kappa shape index (κ2) is 7.05. The van der Waals surface area contributed by atoms with Gasteiger partial charge in [0.05, 0.1) is 0 Å². The van der Waals surface area contributed by atoms with E-state index in [0.29, 0.717) is 0 Å². The molecule has 0 rings (SSSR count). The standard InChI is InChI=1S/FH2O3P.Rb.U/c1-5(2,3)4;;/h(H2,2,3,4);;/q;+1;/p-2. The van der Waals surface area contributed by atoms with E-state index < -0.39 is 7.91 Å². The predicted octanol–water partition coefficient (Wildman–Crippen LogP) is -4.21. The molecule has 0 aromatic heterocycles. The van der Waals surface area contributed by atoms with Crippen molar-refractivity contribution in [2.45, 2.75) is 0 Å². The molecule has 0 aromatic rings. The maximum atomic E-state index is 10.1. The second-order valence-electron chi connectivity index (χ2n) is 0.431. The SMILES string of the molecule is O=P([O-])([O-])F.[Rb+].[U]. The zero-order chi connectivity index (χ0) is 4.50. The van der Waals surface area contributed by atoms with Crippen LogP contribution in [0.4, 0.5) is 4.20 Å². The summed E-state index contributed by atoms with van der Waals surface area (Å²) in [7, 11) is -5.64. The Kier molecular flexibility index (Phi) is 16.6. The van der Waals surface area contributed by atoms with Gasteiger partial charge in [0.1, 0.15) is 7.91 Å². The third kappa shape index (κ3) is 49.9. The molecule has 7 heavy (non-hydrogen) atoms. The van der Waals surface area contributed by atoms with E-state index in [1.54, 1.807) is 0 Å². The van der Waals surface area contributed by atoms with Gasteiger partial charge in [-0.15, -0.1) is 0 Å². The summed E-state index contributed by atoms with van der Waals surface area (Å²) in [6.45, 7) is 0. The van der Waals surface area contributed by atoms with Crippen molar-refractivity contribution in [3.8, 4) is 0 Å². The van der Waals surface area contributed by atoms with Crippen molar-refractivity contribution in [2.75, 3.05) is 0 Å². The molecule has 0 bridgehead atoms. The first kappa shape index (κ1) is 16.5. The van der Waals surface area contributed by atoms with Gasteiger partial charge in [-0.1, -0.05) is 0 Å². The van der Waals surface area contributed by atoms with E-state index >= 15 is 0 Å². The van der Waals surface area contributed by atoms with Gasteiger partial charge in [-0.05, 0) is 0 Å². The van der Waals surface area contributed by atoms with Crippen molar-refractivity contribution < 1.29 is 108 Å². The molecule has 3 nitrogen and oxygen atoms in total. The molecule has 0 amide bonds. The van der Waals surface area contributed by atoms with Crippen LogP contribution in [-0.2, 0) is 4.57 Å².